The van der Waals surface area contributed by atoms with E-state index in [0.717, 1.165) is 4.90 Å². The smallest absolute Gasteiger partial charge is 0.326 e. The van der Waals surface area contributed by atoms with Gasteiger partial charge >= 0.3 is 5.97 Å². The number of hydrogen-bond acceptors (Lipinski definition) is 5. The minimum Gasteiger partial charge on any atom is -0.480 e. The molecule has 0 radical (unpaired) electrons. The number of benzene rings is 1. The lowest BCUT2D eigenvalue weighted by Gasteiger charge is -2.22. The maximum absolute atomic E-state index is 12.2. The fourth-order valence-corrected chi connectivity index (χ4v) is 1.64. The Labute approximate surface area is 114 Å². The number of anilines is 1. The van der Waals surface area contributed by atoms with Gasteiger partial charge in [0.25, 0.3) is 11.6 Å². The van der Waals surface area contributed by atoms with Crippen molar-refractivity contribution >= 4 is 23.3 Å². The number of aryl methyl sites for hydroxylation is 1. The van der Waals surface area contributed by atoms with E-state index in [1.807, 2.05) is 0 Å². The Morgan fingerprint density at radius 1 is 1.45 bits per heavy atom. The van der Waals surface area contributed by atoms with Crippen molar-refractivity contribution in [3.8, 4) is 0 Å². The number of hydrogen-bond donors (Lipinski definition) is 2. The van der Waals surface area contributed by atoms with Crippen LogP contribution in [0.1, 0.15) is 22.8 Å². The van der Waals surface area contributed by atoms with Gasteiger partial charge in [-0.25, -0.2) is 4.79 Å². The van der Waals surface area contributed by atoms with Crippen molar-refractivity contribution in [1.29, 1.82) is 0 Å². The number of nitrogen functional groups attached to an aromatic ring is 1. The summed E-state index contributed by atoms with van der Waals surface area (Å²) < 4.78 is 0. The molecule has 1 aromatic carbocycles. The molecule has 1 unspecified atom stereocenters. The molecule has 1 aromatic rings. The number of nitro benzene ring substituents is 1. The van der Waals surface area contributed by atoms with Crippen LogP contribution in [0.25, 0.3) is 0 Å². The molecule has 8 heteroatoms. The van der Waals surface area contributed by atoms with Crippen LogP contribution in [0.15, 0.2) is 12.1 Å². The molecule has 0 aliphatic rings. The molecule has 3 N–H and O–H groups in total. The van der Waals surface area contributed by atoms with Gasteiger partial charge in [0.1, 0.15) is 11.7 Å². The highest BCUT2D eigenvalue weighted by molar-refractivity contribution is 6.02. The molecule has 0 aliphatic carbocycles. The van der Waals surface area contributed by atoms with Crippen molar-refractivity contribution in [2.75, 3.05) is 12.8 Å². The van der Waals surface area contributed by atoms with Crippen molar-refractivity contribution < 1.29 is 19.6 Å². The molecule has 0 spiro atoms. The Morgan fingerprint density at radius 3 is 2.45 bits per heavy atom. The first kappa shape index (κ1) is 15.4. The lowest BCUT2D eigenvalue weighted by molar-refractivity contribution is -0.384. The van der Waals surface area contributed by atoms with Gasteiger partial charge in [0.15, 0.2) is 0 Å². The van der Waals surface area contributed by atoms with Crippen molar-refractivity contribution in [3.63, 3.8) is 0 Å². The van der Waals surface area contributed by atoms with E-state index in [1.54, 1.807) is 6.92 Å². The number of carboxylic acids is 1. The summed E-state index contributed by atoms with van der Waals surface area (Å²) in [5.74, 6) is -1.86. The average Bonchev–Trinajstić information content (AvgIpc) is 2.37. The Kier molecular flexibility index (Phi) is 4.28. The number of aliphatic carboxylic acids is 1. The standard InChI is InChI=1S/C12H15N3O5/c1-6-4-8(10(13)9(5-6)15(19)20)11(16)14(3)7(2)12(17)18/h4-5,7H,13H2,1-3H3,(H,17,18). The molecule has 0 bridgehead atoms. The molecule has 1 rings (SSSR count). The normalized spacial score (nSPS) is 11.8. The van der Waals surface area contributed by atoms with E-state index in [4.69, 9.17) is 10.8 Å². The predicted molar refractivity (Wildman–Crippen MR) is 71.4 cm³/mol. The first-order valence-electron chi connectivity index (χ1n) is 5.71. The van der Waals surface area contributed by atoms with Gasteiger partial charge in [-0.2, -0.15) is 0 Å². The van der Waals surface area contributed by atoms with Crippen LogP contribution in [0.4, 0.5) is 11.4 Å². The molecule has 0 aliphatic heterocycles. The van der Waals surface area contributed by atoms with Gasteiger partial charge in [-0.15, -0.1) is 0 Å². The van der Waals surface area contributed by atoms with Gasteiger partial charge in [0, 0.05) is 13.1 Å². The first-order valence-corrected chi connectivity index (χ1v) is 5.71. The molecule has 0 saturated carbocycles. The van der Waals surface area contributed by atoms with Crippen LogP contribution in [0.2, 0.25) is 0 Å². The number of nitro groups is 1. The minimum absolute atomic E-state index is 0.0766. The molecular weight excluding hydrogens is 266 g/mol. The van der Waals surface area contributed by atoms with Gasteiger partial charge in [0.2, 0.25) is 0 Å². The summed E-state index contributed by atoms with van der Waals surface area (Å²) in [5.41, 5.74) is 5.41. The number of carbonyl (C=O) groups excluding carboxylic acids is 1. The van der Waals surface area contributed by atoms with Crippen molar-refractivity contribution in [2.45, 2.75) is 19.9 Å². The number of likely N-dealkylation sites (N-methyl/N-ethyl adjacent to an activating group) is 1. The van der Waals surface area contributed by atoms with Gasteiger partial charge in [-0.05, 0) is 25.5 Å². The van der Waals surface area contributed by atoms with Crippen LogP contribution in [0.3, 0.4) is 0 Å². The third kappa shape index (κ3) is 2.85. The van der Waals surface area contributed by atoms with Gasteiger partial charge in [0.05, 0.1) is 10.5 Å². The maximum Gasteiger partial charge on any atom is 0.326 e. The number of nitrogens with zero attached hydrogens (tertiary/aromatic N) is 2. The summed E-state index contributed by atoms with van der Waals surface area (Å²) in [7, 11) is 1.30. The summed E-state index contributed by atoms with van der Waals surface area (Å²) in [6, 6.07) is 1.59. The molecule has 0 saturated heterocycles. The summed E-state index contributed by atoms with van der Waals surface area (Å²) in [4.78, 5) is 34.2. The second-order valence-corrected chi connectivity index (χ2v) is 4.43. The van der Waals surface area contributed by atoms with E-state index < -0.39 is 22.8 Å². The zero-order valence-corrected chi connectivity index (χ0v) is 11.3. The zero-order chi connectivity index (χ0) is 15.6. The number of nitrogens with two attached hydrogens (primary N) is 1. The van der Waals surface area contributed by atoms with E-state index in [1.165, 1.54) is 26.1 Å². The van der Waals surface area contributed by atoms with E-state index in [-0.39, 0.29) is 16.9 Å². The fraction of sp³-hybridized carbons (Fsp3) is 0.333. The van der Waals surface area contributed by atoms with E-state index in [0.29, 0.717) is 5.56 Å². The molecular formula is C12H15N3O5. The van der Waals surface area contributed by atoms with Crippen molar-refractivity contribution in [3.05, 3.63) is 33.4 Å². The Balaban J connectivity index is 3.30. The predicted octanol–water partition coefficient (Wildman–Crippen LogP) is 1.03. The van der Waals surface area contributed by atoms with Gasteiger partial charge in [-0.1, -0.05) is 0 Å². The Hall–Kier alpha value is -2.64. The van der Waals surface area contributed by atoms with Gasteiger partial charge in [-0.3, -0.25) is 14.9 Å². The summed E-state index contributed by atoms with van der Waals surface area (Å²) in [5, 5.41) is 19.7. The lowest BCUT2D eigenvalue weighted by atomic mass is 10.1. The molecule has 1 amide bonds. The lowest BCUT2D eigenvalue weighted by Crippen LogP contribution is -2.40. The number of amides is 1. The van der Waals surface area contributed by atoms with E-state index in [9.17, 15) is 19.7 Å². The SMILES string of the molecule is Cc1cc(C(=O)N(C)C(C)C(=O)O)c(N)c([N+](=O)[O-])c1. The number of carboxylic acid groups (broad SMARTS) is 1. The molecule has 0 fully saturated rings. The average molecular weight is 281 g/mol. The van der Waals surface area contributed by atoms with Crippen molar-refractivity contribution in [1.82, 2.24) is 4.90 Å². The highest BCUT2D eigenvalue weighted by Gasteiger charge is 2.27. The highest BCUT2D eigenvalue weighted by atomic mass is 16.6. The number of carbonyl (C=O) groups is 2. The minimum atomic E-state index is -1.18. The van der Waals surface area contributed by atoms with Crippen molar-refractivity contribution in [2.24, 2.45) is 0 Å². The number of rotatable bonds is 4. The quantitative estimate of drug-likeness (QED) is 0.482. The second-order valence-electron chi connectivity index (χ2n) is 4.43. The second kappa shape index (κ2) is 5.55. The molecule has 0 aromatic heterocycles. The third-order valence-corrected chi connectivity index (χ3v) is 2.99. The van der Waals surface area contributed by atoms with Crippen LogP contribution in [-0.4, -0.2) is 39.9 Å². The van der Waals surface area contributed by atoms with Crippen LogP contribution >= 0.6 is 0 Å². The molecule has 20 heavy (non-hydrogen) atoms. The summed E-state index contributed by atoms with van der Waals surface area (Å²) in [6.45, 7) is 2.92. The van der Waals surface area contributed by atoms with Crippen LogP contribution < -0.4 is 5.73 Å². The van der Waals surface area contributed by atoms with Crippen LogP contribution in [0.5, 0.6) is 0 Å². The topological polar surface area (TPSA) is 127 Å². The van der Waals surface area contributed by atoms with Crippen LogP contribution in [0, 0.1) is 17.0 Å². The maximum atomic E-state index is 12.2. The Bertz CT molecular complexity index is 585. The molecule has 0 heterocycles. The third-order valence-electron chi connectivity index (χ3n) is 2.99. The van der Waals surface area contributed by atoms with E-state index in [2.05, 4.69) is 0 Å². The van der Waals surface area contributed by atoms with E-state index >= 15 is 0 Å². The van der Waals surface area contributed by atoms with Crippen LogP contribution in [-0.2, 0) is 4.79 Å². The molecule has 8 nitrogen and oxygen atoms in total. The zero-order valence-electron chi connectivity index (χ0n) is 11.3. The largest absolute Gasteiger partial charge is 0.480 e. The molecule has 1 atom stereocenters. The monoisotopic (exact) mass is 281 g/mol. The van der Waals surface area contributed by atoms with Gasteiger partial charge < -0.3 is 15.7 Å². The fourth-order valence-electron chi connectivity index (χ4n) is 1.64. The first-order chi connectivity index (χ1) is 9.16. The summed E-state index contributed by atoms with van der Waals surface area (Å²) >= 11 is 0. The summed E-state index contributed by atoms with van der Waals surface area (Å²) in [6.07, 6.45) is 0. The Morgan fingerprint density at radius 2 is 2.00 bits per heavy atom. The molecule has 108 valence electrons. The highest BCUT2D eigenvalue weighted by Crippen LogP contribution is 2.28.